The standard InChI is InChI=1S/C48H72N2O4/c1-3-5-7-9-11-13-15-17-19-21-23-29-35-53-47-37-43(49-39-41-31-25-27-33-45(41)51)44(50-40-42-32-26-28-34-46(42)52)38-48(47)54-36-30-24-22-20-18-16-14-12-10-8-6-4-2/h25-28,31-34,37-40,51-52H,3-24,29-30,35-36H2,1-2H3. The molecule has 0 heterocycles. The Labute approximate surface area is 328 Å². The molecule has 0 radical (unpaired) electrons. The molecular weight excluding hydrogens is 669 g/mol. The molecule has 0 spiro atoms. The summed E-state index contributed by atoms with van der Waals surface area (Å²) < 4.78 is 12.8. The van der Waals surface area contributed by atoms with Gasteiger partial charge in [-0.15, -0.1) is 0 Å². The molecule has 0 unspecified atom stereocenters. The molecule has 3 rings (SSSR count). The van der Waals surface area contributed by atoms with E-state index in [0.29, 0.717) is 47.2 Å². The number of ether oxygens (including phenoxy) is 2. The second-order valence-corrected chi connectivity index (χ2v) is 14.9. The van der Waals surface area contributed by atoms with Crippen molar-refractivity contribution in [3.05, 3.63) is 71.8 Å². The van der Waals surface area contributed by atoms with Crippen molar-refractivity contribution in [1.29, 1.82) is 0 Å². The van der Waals surface area contributed by atoms with Crippen LogP contribution in [0.25, 0.3) is 0 Å². The third kappa shape index (κ3) is 19.5. The van der Waals surface area contributed by atoms with Crippen molar-refractivity contribution < 1.29 is 19.7 Å². The fraction of sp³-hybridized carbons (Fsp3) is 0.583. The molecule has 0 aromatic heterocycles. The summed E-state index contributed by atoms with van der Waals surface area (Å²) in [5.41, 5.74) is 2.40. The Hall–Kier alpha value is -3.80. The van der Waals surface area contributed by atoms with Crippen molar-refractivity contribution in [2.45, 2.75) is 168 Å². The monoisotopic (exact) mass is 741 g/mol. The van der Waals surface area contributed by atoms with Gasteiger partial charge in [0.1, 0.15) is 11.5 Å². The molecule has 0 saturated carbocycles. The van der Waals surface area contributed by atoms with Crippen LogP contribution in [0.5, 0.6) is 23.0 Å². The van der Waals surface area contributed by atoms with E-state index in [4.69, 9.17) is 19.5 Å². The number of aromatic hydroxyl groups is 2. The van der Waals surface area contributed by atoms with Crippen LogP contribution >= 0.6 is 0 Å². The highest BCUT2D eigenvalue weighted by molar-refractivity contribution is 5.90. The van der Waals surface area contributed by atoms with Crippen LogP contribution in [0.1, 0.15) is 179 Å². The number of hydrogen-bond acceptors (Lipinski definition) is 6. The number of rotatable bonds is 32. The zero-order valence-corrected chi connectivity index (χ0v) is 33.9. The first-order chi connectivity index (χ1) is 26.6. The number of nitrogens with zero attached hydrogens (tertiary/aromatic N) is 2. The first-order valence-corrected chi connectivity index (χ1v) is 21.7. The summed E-state index contributed by atoms with van der Waals surface area (Å²) in [6.45, 7) is 5.76. The summed E-state index contributed by atoms with van der Waals surface area (Å²) in [5.74, 6) is 1.63. The molecule has 0 aliphatic carbocycles. The van der Waals surface area contributed by atoms with Gasteiger partial charge in [-0.2, -0.15) is 0 Å². The minimum atomic E-state index is 0.159. The third-order valence-corrected chi connectivity index (χ3v) is 10.1. The normalized spacial score (nSPS) is 11.6. The van der Waals surface area contributed by atoms with Crippen molar-refractivity contribution in [3.63, 3.8) is 0 Å². The zero-order valence-electron chi connectivity index (χ0n) is 33.9. The molecule has 6 nitrogen and oxygen atoms in total. The van der Waals surface area contributed by atoms with E-state index in [0.717, 1.165) is 25.7 Å². The van der Waals surface area contributed by atoms with Crippen LogP contribution in [0.3, 0.4) is 0 Å². The molecule has 0 aliphatic rings. The van der Waals surface area contributed by atoms with Crippen LogP contribution in [0.4, 0.5) is 11.4 Å². The van der Waals surface area contributed by atoms with Crippen LogP contribution in [0.2, 0.25) is 0 Å². The van der Waals surface area contributed by atoms with Crippen LogP contribution in [0.15, 0.2) is 70.6 Å². The predicted molar refractivity (Wildman–Crippen MR) is 230 cm³/mol. The molecule has 0 atom stereocenters. The van der Waals surface area contributed by atoms with Gasteiger partial charge in [0.05, 0.1) is 24.6 Å². The van der Waals surface area contributed by atoms with E-state index in [-0.39, 0.29) is 11.5 Å². The molecule has 298 valence electrons. The molecule has 0 bridgehead atoms. The zero-order chi connectivity index (χ0) is 38.3. The second-order valence-electron chi connectivity index (χ2n) is 14.9. The molecule has 6 heteroatoms. The van der Waals surface area contributed by atoms with Gasteiger partial charge in [0.15, 0.2) is 11.5 Å². The smallest absolute Gasteiger partial charge is 0.163 e. The van der Waals surface area contributed by atoms with Crippen LogP contribution in [-0.4, -0.2) is 35.9 Å². The maximum absolute atomic E-state index is 10.4. The molecule has 0 fully saturated rings. The van der Waals surface area contributed by atoms with E-state index in [1.165, 1.54) is 128 Å². The van der Waals surface area contributed by atoms with Crippen LogP contribution in [0, 0.1) is 0 Å². The lowest BCUT2D eigenvalue weighted by molar-refractivity contribution is 0.258. The Kier molecular flexibility index (Phi) is 24.4. The van der Waals surface area contributed by atoms with Gasteiger partial charge in [0.2, 0.25) is 0 Å². The molecule has 0 aliphatic heterocycles. The van der Waals surface area contributed by atoms with Crippen LogP contribution in [-0.2, 0) is 0 Å². The number of unbranched alkanes of at least 4 members (excludes halogenated alkanes) is 22. The van der Waals surface area contributed by atoms with Gasteiger partial charge < -0.3 is 19.7 Å². The number of phenolic OH excluding ortho intramolecular Hbond substituents is 2. The maximum atomic E-state index is 10.4. The molecule has 3 aromatic carbocycles. The van der Waals surface area contributed by atoms with Crippen molar-refractivity contribution in [2.24, 2.45) is 9.98 Å². The third-order valence-electron chi connectivity index (χ3n) is 10.1. The van der Waals surface area contributed by atoms with Crippen molar-refractivity contribution >= 4 is 23.8 Å². The summed E-state index contributed by atoms with van der Waals surface area (Å²) in [7, 11) is 0. The SMILES string of the molecule is CCCCCCCCCCCCCCOc1cc(N=Cc2ccccc2O)c(N=Cc2ccccc2O)cc1OCCCCCCCCCCCCCC. The first-order valence-electron chi connectivity index (χ1n) is 21.7. The fourth-order valence-electron chi connectivity index (χ4n) is 6.69. The van der Waals surface area contributed by atoms with Gasteiger partial charge in [-0.25, -0.2) is 0 Å². The summed E-state index contributed by atoms with van der Waals surface area (Å²) in [4.78, 5) is 9.52. The Balaban J connectivity index is 1.62. The van der Waals surface area contributed by atoms with E-state index >= 15 is 0 Å². The number of hydrogen-bond donors (Lipinski definition) is 2. The topological polar surface area (TPSA) is 83.6 Å². The first kappa shape index (κ1) is 44.6. The van der Waals surface area contributed by atoms with Crippen molar-refractivity contribution in [1.82, 2.24) is 0 Å². The minimum absolute atomic E-state index is 0.159. The highest BCUT2D eigenvalue weighted by atomic mass is 16.5. The van der Waals surface area contributed by atoms with E-state index in [9.17, 15) is 10.2 Å². The lowest BCUT2D eigenvalue weighted by Gasteiger charge is -2.15. The quantitative estimate of drug-likeness (QED) is 0.0493. The lowest BCUT2D eigenvalue weighted by Crippen LogP contribution is -2.03. The van der Waals surface area contributed by atoms with Crippen LogP contribution < -0.4 is 9.47 Å². The van der Waals surface area contributed by atoms with E-state index in [1.807, 2.05) is 36.4 Å². The van der Waals surface area contributed by atoms with E-state index in [1.54, 1.807) is 36.7 Å². The Bertz CT molecular complexity index is 1340. The highest BCUT2D eigenvalue weighted by Gasteiger charge is 2.13. The van der Waals surface area contributed by atoms with E-state index in [2.05, 4.69) is 13.8 Å². The summed E-state index contributed by atoms with van der Waals surface area (Å²) in [6, 6.07) is 18.0. The Morgan fingerprint density at radius 3 is 1.04 bits per heavy atom. The second kappa shape index (κ2) is 29.5. The Morgan fingerprint density at radius 1 is 0.426 bits per heavy atom. The van der Waals surface area contributed by atoms with Gasteiger partial charge in [-0.1, -0.05) is 179 Å². The van der Waals surface area contributed by atoms with Gasteiger partial charge in [0.25, 0.3) is 0 Å². The largest absolute Gasteiger partial charge is 0.507 e. The average Bonchev–Trinajstić information content (AvgIpc) is 3.18. The molecule has 0 amide bonds. The molecule has 2 N–H and O–H groups in total. The number of benzene rings is 3. The van der Waals surface area contributed by atoms with Gasteiger partial charge >= 0.3 is 0 Å². The predicted octanol–water partition coefficient (Wildman–Crippen LogP) is 14.8. The average molecular weight is 741 g/mol. The summed E-state index contributed by atoms with van der Waals surface area (Å²) in [5, 5.41) is 20.8. The molecule has 3 aromatic rings. The number of aliphatic imine (C=N–C) groups is 2. The summed E-state index contributed by atoms with van der Waals surface area (Å²) >= 11 is 0. The number of phenols is 2. The van der Waals surface area contributed by atoms with Gasteiger partial charge in [0, 0.05) is 35.7 Å². The molecule has 54 heavy (non-hydrogen) atoms. The molecular formula is C48H72N2O4. The van der Waals surface area contributed by atoms with Gasteiger partial charge in [-0.3, -0.25) is 9.98 Å². The fourth-order valence-corrected chi connectivity index (χ4v) is 6.69. The summed E-state index contributed by atoms with van der Waals surface area (Å²) in [6.07, 6.45) is 34.4. The Morgan fingerprint density at radius 2 is 0.722 bits per heavy atom. The molecule has 0 saturated heterocycles. The van der Waals surface area contributed by atoms with E-state index < -0.39 is 0 Å². The number of para-hydroxylation sites is 2. The van der Waals surface area contributed by atoms with Crippen molar-refractivity contribution in [2.75, 3.05) is 13.2 Å². The minimum Gasteiger partial charge on any atom is -0.507 e. The highest BCUT2D eigenvalue weighted by Crippen LogP contribution is 2.40. The lowest BCUT2D eigenvalue weighted by atomic mass is 10.1. The van der Waals surface area contributed by atoms with Crippen molar-refractivity contribution in [3.8, 4) is 23.0 Å². The maximum Gasteiger partial charge on any atom is 0.163 e. The van der Waals surface area contributed by atoms with Gasteiger partial charge in [-0.05, 0) is 37.1 Å².